The van der Waals surface area contributed by atoms with Gasteiger partial charge >= 0.3 is 0 Å². The van der Waals surface area contributed by atoms with Crippen LogP contribution < -0.4 is 9.47 Å². The number of carbonyl (C=O) groups is 1. The number of carbonyl (C=O) groups excluding carboxylic acids is 1. The molecule has 1 aliphatic rings. The average molecular weight is 460 g/mol. The van der Waals surface area contributed by atoms with E-state index in [2.05, 4.69) is 38.1 Å². The average Bonchev–Trinajstić information content (AvgIpc) is 3.43. The van der Waals surface area contributed by atoms with Crippen molar-refractivity contribution in [1.82, 2.24) is 14.7 Å². The van der Waals surface area contributed by atoms with Crippen molar-refractivity contribution in [3.05, 3.63) is 82.2 Å². The summed E-state index contributed by atoms with van der Waals surface area (Å²) in [6.07, 6.45) is 5.51. The molecule has 1 fully saturated rings. The van der Waals surface area contributed by atoms with Crippen molar-refractivity contribution in [2.75, 3.05) is 20.8 Å². The predicted octanol–water partition coefficient (Wildman–Crippen LogP) is 5.25. The normalized spacial score (nSPS) is 15.8. The highest BCUT2D eigenvalue weighted by Gasteiger charge is 2.29. The first-order valence-electron chi connectivity index (χ1n) is 11.7. The fourth-order valence-corrected chi connectivity index (χ4v) is 4.66. The molecule has 1 unspecified atom stereocenters. The Morgan fingerprint density at radius 2 is 1.79 bits per heavy atom. The largest absolute Gasteiger partial charge is 0.493 e. The lowest BCUT2D eigenvalue weighted by atomic mass is 10.0. The molecule has 1 saturated heterocycles. The van der Waals surface area contributed by atoms with E-state index < -0.39 is 0 Å². The first kappa shape index (κ1) is 23.6. The highest BCUT2D eigenvalue weighted by molar-refractivity contribution is 5.92. The van der Waals surface area contributed by atoms with Crippen molar-refractivity contribution in [1.29, 1.82) is 0 Å². The molecule has 0 spiro atoms. The third-order valence-electron chi connectivity index (χ3n) is 6.61. The molecule has 0 saturated carbocycles. The molecule has 6 nitrogen and oxygen atoms in total. The second kappa shape index (κ2) is 10.2. The van der Waals surface area contributed by atoms with Crippen LogP contribution in [0, 0.1) is 20.8 Å². The highest BCUT2D eigenvalue weighted by atomic mass is 16.5. The summed E-state index contributed by atoms with van der Waals surface area (Å²) in [5, 5.41) is 4.72. The van der Waals surface area contributed by atoms with E-state index in [9.17, 15) is 4.79 Å². The first-order chi connectivity index (χ1) is 16.4. The van der Waals surface area contributed by atoms with Crippen molar-refractivity contribution in [3.8, 4) is 11.5 Å². The van der Waals surface area contributed by atoms with Gasteiger partial charge in [0, 0.05) is 23.9 Å². The monoisotopic (exact) mass is 459 g/mol. The van der Waals surface area contributed by atoms with E-state index in [1.165, 1.54) is 11.1 Å². The maximum atomic E-state index is 13.2. The van der Waals surface area contributed by atoms with Crippen LogP contribution in [-0.2, 0) is 11.3 Å². The number of aryl methyl sites for hydroxylation is 2. The number of likely N-dealkylation sites (tertiary alicyclic amines) is 1. The third-order valence-corrected chi connectivity index (χ3v) is 6.61. The summed E-state index contributed by atoms with van der Waals surface area (Å²) in [6.45, 7) is 7.59. The van der Waals surface area contributed by atoms with Gasteiger partial charge in [-0.1, -0.05) is 35.9 Å². The lowest BCUT2D eigenvalue weighted by molar-refractivity contribution is -0.126. The Morgan fingerprint density at radius 1 is 1.06 bits per heavy atom. The van der Waals surface area contributed by atoms with E-state index in [0.717, 1.165) is 41.9 Å². The van der Waals surface area contributed by atoms with E-state index in [1.54, 1.807) is 20.3 Å². The third kappa shape index (κ3) is 4.86. The lowest BCUT2D eigenvalue weighted by Crippen LogP contribution is -2.28. The number of nitrogens with zero attached hydrogens (tertiary/aromatic N) is 3. The van der Waals surface area contributed by atoms with Crippen molar-refractivity contribution >= 4 is 12.0 Å². The van der Waals surface area contributed by atoms with Gasteiger partial charge in [0.05, 0.1) is 32.5 Å². The number of ether oxygens (including phenoxy) is 2. The minimum atomic E-state index is 0.0161. The molecule has 0 bridgehead atoms. The SMILES string of the molecule is COc1ccc(C2CCCN2C(=O)/C=C/c2c(C)nn(Cc3ccc(C)cc3)c2C)cc1OC. The van der Waals surface area contributed by atoms with Gasteiger partial charge in [-0.25, -0.2) is 0 Å². The number of hydrogen-bond donors (Lipinski definition) is 0. The van der Waals surface area contributed by atoms with Gasteiger partial charge in [-0.3, -0.25) is 9.48 Å². The molecule has 1 aliphatic heterocycles. The van der Waals surface area contributed by atoms with Gasteiger partial charge in [0.2, 0.25) is 5.91 Å². The highest BCUT2D eigenvalue weighted by Crippen LogP contribution is 2.37. The molecule has 1 atom stereocenters. The molecule has 6 heteroatoms. The molecule has 0 radical (unpaired) electrons. The summed E-state index contributed by atoms with van der Waals surface area (Å²) >= 11 is 0. The fraction of sp³-hybridized carbons (Fsp3) is 0.357. The second-order valence-electron chi connectivity index (χ2n) is 8.87. The van der Waals surface area contributed by atoms with Crippen molar-refractivity contribution in [2.45, 2.75) is 46.2 Å². The summed E-state index contributed by atoms with van der Waals surface area (Å²) in [6, 6.07) is 14.4. The van der Waals surface area contributed by atoms with Gasteiger partial charge < -0.3 is 14.4 Å². The van der Waals surface area contributed by atoms with Crippen LogP contribution in [0.2, 0.25) is 0 Å². The van der Waals surface area contributed by atoms with E-state index in [4.69, 9.17) is 14.6 Å². The lowest BCUT2D eigenvalue weighted by Gasteiger charge is -2.24. The Hall–Kier alpha value is -3.54. The maximum Gasteiger partial charge on any atom is 0.247 e. The molecule has 178 valence electrons. The minimum absolute atomic E-state index is 0.0161. The van der Waals surface area contributed by atoms with Gasteiger partial charge in [0.25, 0.3) is 0 Å². The maximum absolute atomic E-state index is 13.2. The zero-order valence-electron chi connectivity index (χ0n) is 20.7. The van der Waals surface area contributed by atoms with Crippen LogP contribution in [0.25, 0.3) is 6.08 Å². The quantitative estimate of drug-likeness (QED) is 0.453. The molecular weight excluding hydrogens is 426 g/mol. The Balaban J connectivity index is 1.51. The molecule has 2 aromatic carbocycles. The molecule has 4 rings (SSSR count). The number of rotatable bonds is 7. The molecule has 0 N–H and O–H groups in total. The van der Waals surface area contributed by atoms with Crippen molar-refractivity contribution < 1.29 is 14.3 Å². The standard InChI is InChI=1S/C28H33N3O3/c1-19-8-10-22(11-9-19)18-31-21(3)24(20(2)29-31)13-15-28(32)30-16-6-7-25(30)23-12-14-26(33-4)27(17-23)34-5/h8-15,17,25H,6-7,16,18H2,1-5H3/b15-13+. The van der Waals surface area contributed by atoms with Crippen LogP contribution in [0.5, 0.6) is 11.5 Å². The van der Waals surface area contributed by atoms with Gasteiger partial charge in [-0.05, 0) is 62.9 Å². The Morgan fingerprint density at radius 3 is 2.50 bits per heavy atom. The number of amides is 1. The van der Waals surface area contributed by atoms with Crippen molar-refractivity contribution in [3.63, 3.8) is 0 Å². The molecule has 1 amide bonds. The Bertz CT molecular complexity index is 1190. The van der Waals surface area contributed by atoms with Crippen LogP contribution in [0.15, 0.2) is 48.5 Å². The Labute approximate surface area is 201 Å². The topological polar surface area (TPSA) is 56.6 Å². The molecule has 34 heavy (non-hydrogen) atoms. The summed E-state index contributed by atoms with van der Waals surface area (Å²) in [7, 11) is 3.26. The number of hydrogen-bond acceptors (Lipinski definition) is 4. The van der Waals surface area contributed by atoms with Gasteiger partial charge in [0.15, 0.2) is 11.5 Å². The second-order valence-corrected chi connectivity index (χ2v) is 8.87. The summed E-state index contributed by atoms with van der Waals surface area (Å²) in [5.74, 6) is 1.39. The van der Waals surface area contributed by atoms with Gasteiger partial charge in [0.1, 0.15) is 0 Å². The minimum Gasteiger partial charge on any atom is -0.493 e. The van der Waals surface area contributed by atoms with Crippen LogP contribution in [0.3, 0.4) is 0 Å². The zero-order chi connectivity index (χ0) is 24.2. The summed E-state index contributed by atoms with van der Waals surface area (Å²) in [5.41, 5.74) is 6.49. The van der Waals surface area contributed by atoms with E-state index in [-0.39, 0.29) is 11.9 Å². The number of methoxy groups -OCH3 is 2. The van der Waals surface area contributed by atoms with E-state index >= 15 is 0 Å². The fourth-order valence-electron chi connectivity index (χ4n) is 4.66. The first-order valence-corrected chi connectivity index (χ1v) is 11.7. The molecule has 2 heterocycles. The Kier molecular flexibility index (Phi) is 7.06. The van der Waals surface area contributed by atoms with E-state index in [1.807, 2.05) is 40.8 Å². The molecule has 3 aromatic rings. The molecular formula is C28H33N3O3. The molecule has 1 aromatic heterocycles. The molecule has 0 aliphatic carbocycles. The van der Waals surface area contributed by atoms with Crippen molar-refractivity contribution in [2.24, 2.45) is 0 Å². The van der Waals surface area contributed by atoms with Gasteiger partial charge in [-0.2, -0.15) is 5.10 Å². The number of benzene rings is 2. The van der Waals surface area contributed by atoms with Crippen LogP contribution in [0.4, 0.5) is 0 Å². The predicted molar refractivity (Wildman–Crippen MR) is 134 cm³/mol. The van der Waals surface area contributed by atoms with Crippen LogP contribution >= 0.6 is 0 Å². The van der Waals surface area contributed by atoms with Gasteiger partial charge in [-0.15, -0.1) is 0 Å². The zero-order valence-corrected chi connectivity index (χ0v) is 20.7. The summed E-state index contributed by atoms with van der Waals surface area (Å²) < 4.78 is 12.8. The van der Waals surface area contributed by atoms with E-state index in [0.29, 0.717) is 18.0 Å². The summed E-state index contributed by atoms with van der Waals surface area (Å²) in [4.78, 5) is 15.1. The van der Waals surface area contributed by atoms with Crippen LogP contribution in [-0.4, -0.2) is 41.4 Å². The number of aromatic nitrogens is 2. The smallest absolute Gasteiger partial charge is 0.247 e. The van der Waals surface area contributed by atoms with Crippen LogP contribution in [0.1, 0.15) is 52.5 Å².